The molecule has 2 aliphatic heterocycles. The second-order valence-electron chi connectivity index (χ2n) is 5.47. The van der Waals surface area contributed by atoms with Crippen molar-refractivity contribution in [1.82, 2.24) is 4.90 Å². The van der Waals surface area contributed by atoms with E-state index in [1.165, 1.54) is 12.1 Å². The Kier molecular flexibility index (Phi) is 3.39. The molecule has 0 saturated carbocycles. The van der Waals surface area contributed by atoms with Crippen LogP contribution < -0.4 is 4.90 Å². The molecule has 2 unspecified atom stereocenters. The smallest absolute Gasteiger partial charge is 0.123 e. The van der Waals surface area contributed by atoms with Gasteiger partial charge in [-0.25, -0.2) is 4.39 Å². The number of likely N-dealkylation sites (tertiary alicyclic amines) is 1. The van der Waals surface area contributed by atoms with Gasteiger partial charge in [-0.1, -0.05) is 0 Å². The van der Waals surface area contributed by atoms with Crippen molar-refractivity contribution in [2.24, 2.45) is 5.92 Å². The van der Waals surface area contributed by atoms with Gasteiger partial charge >= 0.3 is 0 Å². The molecule has 0 amide bonds. The Morgan fingerprint density at radius 3 is 2.58 bits per heavy atom. The summed E-state index contributed by atoms with van der Waals surface area (Å²) < 4.78 is 12.9. The second kappa shape index (κ2) is 5.18. The minimum Gasteiger partial charge on any atom is -0.370 e. The maximum atomic E-state index is 12.9. The zero-order valence-corrected chi connectivity index (χ0v) is 10.9. The van der Waals surface area contributed by atoms with Gasteiger partial charge in [0.1, 0.15) is 5.82 Å². The van der Waals surface area contributed by atoms with Gasteiger partial charge in [0.05, 0.1) is 12.0 Å². The van der Waals surface area contributed by atoms with Crippen LogP contribution in [0.2, 0.25) is 0 Å². The van der Waals surface area contributed by atoms with Gasteiger partial charge in [0.15, 0.2) is 0 Å². The quantitative estimate of drug-likeness (QED) is 0.816. The standard InChI is InChI=1S/C15H18FN3/c16-13-1-3-14(4-2-13)19-8-6-15(11-19)18-7-5-12(9-17)10-18/h1-4,12,15H,5-8,10-11H2. The molecule has 2 aliphatic rings. The van der Waals surface area contributed by atoms with Crippen molar-refractivity contribution in [1.29, 1.82) is 5.26 Å². The summed E-state index contributed by atoms with van der Waals surface area (Å²) in [4.78, 5) is 4.75. The molecule has 19 heavy (non-hydrogen) atoms. The van der Waals surface area contributed by atoms with Crippen molar-refractivity contribution in [3.8, 4) is 6.07 Å². The van der Waals surface area contributed by atoms with E-state index in [0.29, 0.717) is 6.04 Å². The molecule has 2 saturated heterocycles. The summed E-state index contributed by atoms with van der Waals surface area (Å²) in [5, 5.41) is 8.96. The lowest BCUT2D eigenvalue weighted by atomic mass is 10.1. The number of benzene rings is 1. The predicted octanol–water partition coefficient (Wildman–Crippen LogP) is 2.25. The lowest BCUT2D eigenvalue weighted by Gasteiger charge is -2.24. The van der Waals surface area contributed by atoms with Crippen molar-refractivity contribution >= 4 is 5.69 Å². The van der Waals surface area contributed by atoms with Crippen molar-refractivity contribution in [3.63, 3.8) is 0 Å². The lowest BCUT2D eigenvalue weighted by Crippen LogP contribution is -2.35. The van der Waals surface area contributed by atoms with Gasteiger partial charge in [-0.2, -0.15) is 5.26 Å². The highest BCUT2D eigenvalue weighted by molar-refractivity contribution is 5.47. The predicted molar refractivity (Wildman–Crippen MR) is 72.3 cm³/mol. The zero-order chi connectivity index (χ0) is 13.2. The molecule has 0 spiro atoms. The molecule has 0 N–H and O–H groups in total. The summed E-state index contributed by atoms with van der Waals surface area (Å²) in [7, 11) is 0. The van der Waals surface area contributed by atoms with Gasteiger partial charge in [0.2, 0.25) is 0 Å². The van der Waals surface area contributed by atoms with Crippen molar-refractivity contribution in [2.75, 3.05) is 31.1 Å². The first-order valence-electron chi connectivity index (χ1n) is 6.90. The second-order valence-corrected chi connectivity index (χ2v) is 5.47. The lowest BCUT2D eigenvalue weighted by molar-refractivity contribution is 0.255. The summed E-state index contributed by atoms with van der Waals surface area (Å²) in [6.45, 7) is 3.96. The molecule has 0 aliphatic carbocycles. The third-order valence-electron chi connectivity index (χ3n) is 4.27. The highest BCUT2D eigenvalue weighted by Gasteiger charge is 2.32. The first kappa shape index (κ1) is 12.4. The Bertz CT molecular complexity index is 479. The van der Waals surface area contributed by atoms with E-state index in [2.05, 4.69) is 15.9 Å². The molecule has 4 heteroatoms. The average molecular weight is 259 g/mol. The van der Waals surface area contributed by atoms with E-state index >= 15 is 0 Å². The number of hydrogen-bond donors (Lipinski definition) is 0. The van der Waals surface area contributed by atoms with Crippen LogP contribution in [0.5, 0.6) is 0 Å². The molecule has 0 bridgehead atoms. The first-order valence-corrected chi connectivity index (χ1v) is 6.90. The molecule has 0 radical (unpaired) electrons. The van der Waals surface area contributed by atoms with Gasteiger partial charge < -0.3 is 4.90 Å². The molecular weight excluding hydrogens is 241 g/mol. The van der Waals surface area contributed by atoms with Crippen LogP contribution in [0.25, 0.3) is 0 Å². The van der Waals surface area contributed by atoms with Crippen molar-refractivity contribution in [3.05, 3.63) is 30.1 Å². The van der Waals surface area contributed by atoms with Crippen LogP contribution in [0.3, 0.4) is 0 Å². The summed E-state index contributed by atoms with van der Waals surface area (Å²) in [6.07, 6.45) is 2.14. The number of hydrogen-bond acceptors (Lipinski definition) is 3. The summed E-state index contributed by atoms with van der Waals surface area (Å²) in [5.41, 5.74) is 1.10. The molecule has 0 aromatic heterocycles. The van der Waals surface area contributed by atoms with Crippen LogP contribution in [0.15, 0.2) is 24.3 Å². The van der Waals surface area contributed by atoms with Crippen molar-refractivity contribution < 1.29 is 4.39 Å². The molecule has 2 atom stereocenters. The number of nitriles is 1. The minimum atomic E-state index is -0.184. The fraction of sp³-hybridized carbons (Fsp3) is 0.533. The number of nitrogens with zero attached hydrogens (tertiary/aromatic N) is 3. The van der Waals surface area contributed by atoms with Gasteiger partial charge in [0, 0.05) is 31.4 Å². The maximum absolute atomic E-state index is 12.9. The van der Waals surface area contributed by atoms with E-state index in [0.717, 1.165) is 44.7 Å². The van der Waals surface area contributed by atoms with E-state index in [1.807, 2.05) is 12.1 Å². The Labute approximate surface area is 113 Å². The van der Waals surface area contributed by atoms with Crippen LogP contribution >= 0.6 is 0 Å². The molecule has 1 aromatic rings. The summed E-state index contributed by atoms with van der Waals surface area (Å²) in [6, 6.07) is 9.64. The van der Waals surface area contributed by atoms with E-state index in [1.54, 1.807) is 0 Å². The first-order chi connectivity index (χ1) is 9.26. The normalized spacial score (nSPS) is 27.7. The van der Waals surface area contributed by atoms with Crippen LogP contribution in [0.4, 0.5) is 10.1 Å². The number of halogens is 1. The Hall–Kier alpha value is -1.60. The topological polar surface area (TPSA) is 30.3 Å². The fourth-order valence-electron chi connectivity index (χ4n) is 3.15. The summed E-state index contributed by atoms with van der Waals surface area (Å²) >= 11 is 0. The van der Waals surface area contributed by atoms with Gasteiger partial charge in [-0.05, 0) is 43.7 Å². The Morgan fingerprint density at radius 1 is 1.11 bits per heavy atom. The highest BCUT2D eigenvalue weighted by Crippen LogP contribution is 2.26. The van der Waals surface area contributed by atoms with Crippen molar-refractivity contribution in [2.45, 2.75) is 18.9 Å². The van der Waals surface area contributed by atoms with E-state index in [4.69, 9.17) is 5.26 Å². The third-order valence-corrected chi connectivity index (χ3v) is 4.27. The largest absolute Gasteiger partial charge is 0.370 e. The van der Waals surface area contributed by atoms with Gasteiger partial charge in [0.25, 0.3) is 0 Å². The molecule has 3 rings (SSSR count). The average Bonchev–Trinajstić information content (AvgIpc) is 3.08. The van der Waals surface area contributed by atoms with E-state index in [-0.39, 0.29) is 11.7 Å². The maximum Gasteiger partial charge on any atom is 0.123 e. The Balaban J connectivity index is 1.61. The number of rotatable bonds is 2. The van der Waals surface area contributed by atoms with Crippen LogP contribution in [0, 0.1) is 23.1 Å². The van der Waals surface area contributed by atoms with Crippen LogP contribution in [-0.2, 0) is 0 Å². The van der Waals surface area contributed by atoms with Crippen LogP contribution in [-0.4, -0.2) is 37.1 Å². The molecule has 100 valence electrons. The SMILES string of the molecule is N#CC1CCN(C2CCN(c3ccc(F)cc3)C2)C1. The van der Waals surface area contributed by atoms with Gasteiger partial charge in [-0.15, -0.1) is 0 Å². The molecular formula is C15H18FN3. The van der Waals surface area contributed by atoms with Crippen LogP contribution in [0.1, 0.15) is 12.8 Å². The van der Waals surface area contributed by atoms with E-state index in [9.17, 15) is 4.39 Å². The van der Waals surface area contributed by atoms with Gasteiger partial charge in [-0.3, -0.25) is 4.90 Å². The zero-order valence-electron chi connectivity index (χ0n) is 10.9. The molecule has 2 fully saturated rings. The summed E-state index contributed by atoms with van der Waals surface area (Å²) in [5.74, 6) is 0.0239. The molecule has 3 nitrogen and oxygen atoms in total. The number of anilines is 1. The molecule has 1 aromatic carbocycles. The highest BCUT2D eigenvalue weighted by atomic mass is 19.1. The fourth-order valence-corrected chi connectivity index (χ4v) is 3.15. The molecule has 2 heterocycles. The van der Waals surface area contributed by atoms with E-state index < -0.39 is 0 Å². The minimum absolute atomic E-state index is 0.184. The third kappa shape index (κ3) is 2.57. The Morgan fingerprint density at radius 2 is 1.89 bits per heavy atom. The monoisotopic (exact) mass is 259 g/mol.